The van der Waals surface area contributed by atoms with Crippen molar-refractivity contribution in [3.8, 4) is 5.75 Å². The predicted octanol–water partition coefficient (Wildman–Crippen LogP) is 4.91. The van der Waals surface area contributed by atoms with Crippen LogP contribution in [0.15, 0.2) is 42.5 Å². The molecule has 3 N–H and O–H groups in total. The fourth-order valence-electron chi connectivity index (χ4n) is 5.12. The average Bonchev–Trinajstić information content (AvgIpc) is 3.37. The van der Waals surface area contributed by atoms with Crippen molar-refractivity contribution in [2.45, 2.75) is 44.4 Å². The molecule has 6 rings (SSSR count). The van der Waals surface area contributed by atoms with Crippen LogP contribution >= 0.6 is 0 Å². The fourth-order valence-corrected chi connectivity index (χ4v) is 5.12. The zero-order chi connectivity index (χ0) is 23.6. The number of fused-ring (bicyclic) bond motifs is 3. The first-order chi connectivity index (χ1) is 16.4. The van der Waals surface area contributed by atoms with Crippen molar-refractivity contribution in [3.63, 3.8) is 0 Å². The molecule has 1 fully saturated rings. The number of methoxy groups -OCH3 is 1. The van der Waals surface area contributed by atoms with E-state index in [0.29, 0.717) is 11.7 Å². The quantitative estimate of drug-likeness (QED) is 0.396. The number of carbonyl (C=O) groups is 1. The molecular formula is C26H26N6O2. The summed E-state index contributed by atoms with van der Waals surface area (Å²) in [6.45, 7) is 6.12. The van der Waals surface area contributed by atoms with Crippen LogP contribution in [0.4, 0.5) is 17.3 Å². The molecule has 2 aromatic carbocycles. The molecule has 0 unspecified atom stereocenters. The van der Waals surface area contributed by atoms with Crippen molar-refractivity contribution in [2.24, 2.45) is 0 Å². The first kappa shape index (κ1) is 20.7. The molecule has 8 nitrogen and oxygen atoms in total. The molecule has 34 heavy (non-hydrogen) atoms. The highest BCUT2D eigenvalue weighted by atomic mass is 16.5. The molecule has 2 aromatic heterocycles. The predicted molar refractivity (Wildman–Crippen MR) is 131 cm³/mol. The number of ether oxygens (including phenoxy) is 1. The summed E-state index contributed by atoms with van der Waals surface area (Å²) in [5, 5.41) is 15.0. The number of H-pyrrole nitrogens is 1. The van der Waals surface area contributed by atoms with Crippen LogP contribution in [-0.2, 0) is 10.2 Å². The molecule has 2 aliphatic rings. The Kier molecular flexibility index (Phi) is 4.42. The number of anilines is 3. The second-order valence-electron chi connectivity index (χ2n) is 9.48. The van der Waals surface area contributed by atoms with Crippen molar-refractivity contribution < 1.29 is 9.53 Å². The van der Waals surface area contributed by atoms with Gasteiger partial charge in [0, 0.05) is 28.8 Å². The third kappa shape index (κ3) is 3.05. The summed E-state index contributed by atoms with van der Waals surface area (Å²) in [7, 11) is 1.65. The topological polar surface area (TPSA) is 105 Å². The summed E-state index contributed by atoms with van der Waals surface area (Å²) in [4.78, 5) is 22.0. The van der Waals surface area contributed by atoms with E-state index in [4.69, 9.17) is 4.74 Å². The van der Waals surface area contributed by atoms with E-state index < -0.39 is 5.41 Å². The van der Waals surface area contributed by atoms with E-state index in [1.54, 1.807) is 7.11 Å². The molecular weight excluding hydrogens is 428 g/mol. The van der Waals surface area contributed by atoms with Crippen LogP contribution in [-0.4, -0.2) is 33.2 Å². The molecule has 2 atom stereocenters. The lowest BCUT2D eigenvalue weighted by Gasteiger charge is -2.11. The number of nitrogens with one attached hydrogen (secondary N) is 3. The molecule has 4 aromatic rings. The number of carbonyl (C=O) groups excluding carboxylic acids is 1. The number of aromatic nitrogens is 4. The second-order valence-corrected chi connectivity index (χ2v) is 9.48. The summed E-state index contributed by atoms with van der Waals surface area (Å²) in [5.74, 6) is 3.42. The van der Waals surface area contributed by atoms with Gasteiger partial charge in [0.05, 0.1) is 18.0 Å². The highest BCUT2D eigenvalue weighted by Gasteiger charge is 2.65. The molecule has 0 saturated heterocycles. The SMILES string of the molecule is COc1ccc2c(c1)[C@]1(C[C@H]1c1ccc3c(Nc4cc(C(C)C)nc(C)n4)n[nH]c3c1)C(=O)N2. The maximum absolute atomic E-state index is 13.0. The Labute approximate surface area is 197 Å². The lowest BCUT2D eigenvalue weighted by Crippen LogP contribution is -2.21. The minimum atomic E-state index is -0.523. The summed E-state index contributed by atoms with van der Waals surface area (Å²) in [6.07, 6.45) is 0.780. The monoisotopic (exact) mass is 454 g/mol. The van der Waals surface area contributed by atoms with Gasteiger partial charge in [-0.05, 0) is 60.7 Å². The standard InChI is InChI=1S/C26H26N6O2/c1-13(2)21-11-23(28-14(3)27-21)30-24-17-7-5-15(9-22(17)31-32-24)19-12-26(19)18-10-16(34-4)6-8-20(18)29-25(26)33/h5-11,13,19H,12H2,1-4H3,(H,29,33)(H2,27,28,30,31,32)/t19-,26-/m0/s1. The zero-order valence-corrected chi connectivity index (χ0v) is 19.6. The van der Waals surface area contributed by atoms with E-state index in [1.807, 2.05) is 31.2 Å². The number of amides is 1. The molecule has 1 aliphatic heterocycles. The van der Waals surface area contributed by atoms with E-state index in [9.17, 15) is 4.79 Å². The molecule has 1 amide bonds. The van der Waals surface area contributed by atoms with Crippen LogP contribution in [0, 0.1) is 6.92 Å². The van der Waals surface area contributed by atoms with E-state index in [-0.39, 0.29) is 11.8 Å². The van der Waals surface area contributed by atoms with E-state index >= 15 is 0 Å². The first-order valence-electron chi connectivity index (χ1n) is 11.5. The first-order valence-corrected chi connectivity index (χ1v) is 11.5. The number of benzene rings is 2. The Balaban J connectivity index is 1.31. The number of aromatic amines is 1. The maximum Gasteiger partial charge on any atom is 0.235 e. The van der Waals surface area contributed by atoms with Crippen molar-refractivity contribution in [1.29, 1.82) is 0 Å². The largest absolute Gasteiger partial charge is 0.497 e. The van der Waals surface area contributed by atoms with Gasteiger partial charge in [0.25, 0.3) is 0 Å². The van der Waals surface area contributed by atoms with Gasteiger partial charge in [-0.2, -0.15) is 5.10 Å². The van der Waals surface area contributed by atoms with Gasteiger partial charge >= 0.3 is 0 Å². The van der Waals surface area contributed by atoms with Crippen LogP contribution in [0.2, 0.25) is 0 Å². The molecule has 0 bridgehead atoms. The van der Waals surface area contributed by atoms with Crippen molar-refractivity contribution in [1.82, 2.24) is 20.2 Å². The number of hydrogen-bond acceptors (Lipinski definition) is 6. The third-order valence-corrected chi connectivity index (χ3v) is 7.01. The van der Waals surface area contributed by atoms with E-state index in [2.05, 4.69) is 62.8 Å². The minimum absolute atomic E-state index is 0.0629. The van der Waals surface area contributed by atoms with Crippen molar-refractivity contribution >= 4 is 34.1 Å². The van der Waals surface area contributed by atoms with Gasteiger partial charge < -0.3 is 15.4 Å². The van der Waals surface area contributed by atoms with Crippen LogP contribution in [0.5, 0.6) is 5.75 Å². The van der Waals surface area contributed by atoms with Gasteiger partial charge in [-0.3, -0.25) is 9.89 Å². The molecule has 3 heterocycles. The maximum atomic E-state index is 13.0. The number of hydrogen-bond donors (Lipinski definition) is 3. The fraction of sp³-hybridized carbons (Fsp3) is 0.308. The Hall–Kier alpha value is -3.94. The second kappa shape index (κ2) is 7.28. The lowest BCUT2D eigenvalue weighted by atomic mass is 9.91. The number of nitrogens with zero attached hydrogens (tertiary/aromatic N) is 3. The third-order valence-electron chi connectivity index (χ3n) is 7.01. The van der Waals surface area contributed by atoms with Crippen LogP contribution in [0.3, 0.4) is 0 Å². The molecule has 172 valence electrons. The van der Waals surface area contributed by atoms with Gasteiger partial charge in [-0.25, -0.2) is 9.97 Å². The van der Waals surface area contributed by atoms with Gasteiger partial charge in [-0.15, -0.1) is 0 Å². The Morgan fingerprint density at radius 3 is 2.79 bits per heavy atom. The Morgan fingerprint density at radius 1 is 1.15 bits per heavy atom. The Bertz CT molecular complexity index is 1460. The summed E-state index contributed by atoms with van der Waals surface area (Å²) in [5.41, 5.74) is 4.40. The summed E-state index contributed by atoms with van der Waals surface area (Å²) < 4.78 is 5.41. The molecule has 1 saturated carbocycles. The smallest absolute Gasteiger partial charge is 0.235 e. The number of rotatable bonds is 5. The van der Waals surface area contributed by atoms with Crippen LogP contribution < -0.4 is 15.4 Å². The molecule has 1 aliphatic carbocycles. The normalized spacial score (nSPS) is 20.6. The summed E-state index contributed by atoms with van der Waals surface area (Å²) in [6, 6.07) is 14.0. The lowest BCUT2D eigenvalue weighted by molar-refractivity contribution is -0.118. The van der Waals surface area contributed by atoms with Crippen molar-refractivity contribution in [2.75, 3.05) is 17.7 Å². The molecule has 1 spiro atoms. The average molecular weight is 455 g/mol. The molecule has 0 radical (unpaired) electrons. The van der Waals surface area contributed by atoms with Gasteiger partial charge in [0.15, 0.2) is 5.82 Å². The number of aryl methyl sites for hydroxylation is 1. The molecule has 8 heteroatoms. The van der Waals surface area contributed by atoms with Gasteiger partial charge in [0.2, 0.25) is 5.91 Å². The zero-order valence-electron chi connectivity index (χ0n) is 19.6. The van der Waals surface area contributed by atoms with E-state index in [0.717, 1.165) is 57.2 Å². The van der Waals surface area contributed by atoms with Crippen LogP contribution in [0.1, 0.15) is 54.7 Å². The van der Waals surface area contributed by atoms with Crippen molar-refractivity contribution in [3.05, 3.63) is 65.1 Å². The summed E-state index contributed by atoms with van der Waals surface area (Å²) >= 11 is 0. The Morgan fingerprint density at radius 2 is 2.00 bits per heavy atom. The van der Waals surface area contributed by atoms with Crippen LogP contribution in [0.25, 0.3) is 10.9 Å². The van der Waals surface area contributed by atoms with Gasteiger partial charge in [-0.1, -0.05) is 19.9 Å². The van der Waals surface area contributed by atoms with Gasteiger partial charge in [0.1, 0.15) is 17.4 Å². The minimum Gasteiger partial charge on any atom is -0.497 e. The highest BCUT2D eigenvalue weighted by molar-refractivity contribution is 6.10. The van der Waals surface area contributed by atoms with E-state index in [1.165, 1.54) is 0 Å². The highest BCUT2D eigenvalue weighted by Crippen LogP contribution is 2.65.